The van der Waals surface area contributed by atoms with E-state index in [4.69, 9.17) is 0 Å². The Morgan fingerprint density at radius 1 is 1.35 bits per heavy atom. The normalized spacial score (nSPS) is 15.8. The first kappa shape index (κ1) is 16.9. The highest BCUT2D eigenvalue weighted by Gasteiger charge is 2.24. The van der Waals surface area contributed by atoms with Crippen LogP contribution in [0.25, 0.3) is 0 Å². The number of likely N-dealkylation sites (N-methyl/N-ethyl adjacent to an activating group) is 1. The second kappa shape index (κ2) is 7.73. The maximum absolute atomic E-state index is 13.5. The van der Waals surface area contributed by atoms with Gasteiger partial charge < -0.3 is 10.2 Å². The summed E-state index contributed by atoms with van der Waals surface area (Å²) in [6.07, 6.45) is 6.35. The van der Waals surface area contributed by atoms with Gasteiger partial charge in [0.1, 0.15) is 23.3 Å². The number of nitrogens with one attached hydrogen (secondary N) is 1. The van der Waals surface area contributed by atoms with Gasteiger partial charge in [0.25, 0.3) is 5.91 Å². The van der Waals surface area contributed by atoms with Gasteiger partial charge in [-0.1, -0.05) is 19.3 Å². The lowest BCUT2D eigenvalue weighted by Gasteiger charge is -2.31. The van der Waals surface area contributed by atoms with Gasteiger partial charge in [0.05, 0.1) is 5.69 Å². The Balaban J connectivity index is 2.08. The van der Waals surface area contributed by atoms with Crippen LogP contribution < -0.4 is 5.32 Å². The molecule has 1 aliphatic rings. The topological polar surface area (TPSA) is 56.1 Å². The van der Waals surface area contributed by atoms with Crippen molar-refractivity contribution in [1.82, 2.24) is 4.90 Å². The van der Waals surface area contributed by atoms with E-state index in [1.807, 2.05) is 6.07 Å². The van der Waals surface area contributed by atoms with Crippen LogP contribution in [0.2, 0.25) is 0 Å². The third-order valence-corrected chi connectivity index (χ3v) is 4.10. The Labute approximate surface area is 134 Å². The zero-order chi connectivity index (χ0) is 16.8. The molecule has 0 bridgehead atoms. The number of benzene rings is 1. The highest BCUT2D eigenvalue weighted by atomic mass is 19.1. The molecule has 0 aliphatic heterocycles. The summed E-state index contributed by atoms with van der Waals surface area (Å²) in [5, 5.41) is 11.7. The second-order valence-electron chi connectivity index (χ2n) is 5.65. The number of rotatable bonds is 4. The summed E-state index contributed by atoms with van der Waals surface area (Å²) in [5.41, 5.74) is -0.103. The Bertz CT molecular complexity index is 646. The van der Waals surface area contributed by atoms with Crippen molar-refractivity contribution in [1.29, 1.82) is 5.26 Å². The fourth-order valence-electron chi connectivity index (χ4n) is 2.72. The predicted octanol–water partition coefficient (Wildman–Crippen LogP) is 3.58. The van der Waals surface area contributed by atoms with Gasteiger partial charge in [-0.3, -0.25) is 4.79 Å². The van der Waals surface area contributed by atoms with Crippen LogP contribution in [0.5, 0.6) is 0 Å². The van der Waals surface area contributed by atoms with E-state index in [2.05, 4.69) is 5.32 Å². The summed E-state index contributed by atoms with van der Waals surface area (Å²) in [5.74, 6) is -1.87. The molecule has 0 atom stereocenters. The van der Waals surface area contributed by atoms with Gasteiger partial charge in [0, 0.05) is 25.4 Å². The average Bonchev–Trinajstić information content (AvgIpc) is 2.57. The van der Waals surface area contributed by atoms with Gasteiger partial charge in [0.15, 0.2) is 0 Å². The summed E-state index contributed by atoms with van der Waals surface area (Å²) in [6.45, 7) is 0. The monoisotopic (exact) mass is 319 g/mol. The van der Waals surface area contributed by atoms with Crippen LogP contribution >= 0.6 is 0 Å². The van der Waals surface area contributed by atoms with Crippen LogP contribution in [0.4, 0.5) is 14.5 Å². The van der Waals surface area contributed by atoms with Crippen molar-refractivity contribution in [2.75, 3.05) is 12.4 Å². The lowest BCUT2D eigenvalue weighted by molar-refractivity contribution is -0.128. The third-order valence-electron chi connectivity index (χ3n) is 4.10. The van der Waals surface area contributed by atoms with Crippen LogP contribution in [0.3, 0.4) is 0 Å². The fraction of sp³-hybridized carbons (Fsp3) is 0.412. The Hall–Kier alpha value is -2.42. The van der Waals surface area contributed by atoms with Crippen LogP contribution in [0.1, 0.15) is 32.1 Å². The van der Waals surface area contributed by atoms with Crippen molar-refractivity contribution in [3.8, 4) is 6.07 Å². The molecule has 1 fully saturated rings. The first-order valence-corrected chi connectivity index (χ1v) is 7.62. The summed E-state index contributed by atoms with van der Waals surface area (Å²) in [4.78, 5) is 14.0. The Morgan fingerprint density at radius 2 is 2.04 bits per heavy atom. The number of amides is 1. The van der Waals surface area contributed by atoms with Crippen molar-refractivity contribution in [3.63, 3.8) is 0 Å². The van der Waals surface area contributed by atoms with Gasteiger partial charge in [-0.15, -0.1) is 0 Å². The molecule has 1 amide bonds. The van der Waals surface area contributed by atoms with Crippen LogP contribution in [-0.4, -0.2) is 23.9 Å². The molecular weight excluding hydrogens is 300 g/mol. The lowest BCUT2D eigenvalue weighted by Crippen LogP contribution is -2.39. The lowest BCUT2D eigenvalue weighted by atomic mass is 9.94. The largest absolute Gasteiger partial charge is 0.358 e. The summed E-state index contributed by atoms with van der Waals surface area (Å²) >= 11 is 0. The Kier molecular flexibility index (Phi) is 5.69. The smallest absolute Gasteiger partial charge is 0.266 e. The van der Waals surface area contributed by atoms with E-state index in [1.165, 1.54) is 12.5 Å². The minimum atomic E-state index is -0.786. The Morgan fingerprint density at radius 3 is 2.65 bits per heavy atom. The first-order valence-electron chi connectivity index (χ1n) is 7.62. The molecule has 1 aromatic rings. The number of halogens is 2. The molecule has 4 nitrogen and oxygen atoms in total. The molecule has 122 valence electrons. The summed E-state index contributed by atoms with van der Waals surface area (Å²) < 4.78 is 26.4. The van der Waals surface area contributed by atoms with Gasteiger partial charge in [-0.05, 0) is 25.0 Å². The van der Waals surface area contributed by atoms with Gasteiger partial charge in [-0.25, -0.2) is 8.78 Å². The maximum atomic E-state index is 13.5. The highest BCUT2D eigenvalue weighted by molar-refractivity contribution is 5.97. The zero-order valence-corrected chi connectivity index (χ0v) is 13.0. The zero-order valence-electron chi connectivity index (χ0n) is 13.0. The summed E-state index contributed by atoms with van der Waals surface area (Å²) in [7, 11) is 1.68. The van der Waals surface area contributed by atoms with Gasteiger partial charge >= 0.3 is 0 Å². The molecule has 1 aliphatic carbocycles. The van der Waals surface area contributed by atoms with Crippen molar-refractivity contribution >= 4 is 11.6 Å². The van der Waals surface area contributed by atoms with Gasteiger partial charge in [-0.2, -0.15) is 5.26 Å². The first-order chi connectivity index (χ1) is 11.0. The second-order valence-corrected chi connectivity index (χ2v) is 5.65. The highest BCUT2D eigenvalue weighted by Crippen LogP contribution is 2.23. The van der Waals surface area contributed by atoms with E-state index >= 15 is 0 Å². The SMILES string of the molecule is CN(C(=O)/C(C#N)=C\Nc1ccc(F)cc1F)C1CCCCC1. The van der Waals surface area contributed by atoms with E-state index in [1.54, 1.807) is 11.9 Å². The molecule has 1 aromatic carbocycles. The van der Waals surface area contributed by atoms with E-state index in [0.29, 0.717) is 0 Å². The van der Waals surface area contributed by atoms with Crippen LogP contribution in [0.15, 0.2) is 30.0 Å². The standard InChI is InChI=1S/C17H19F2N3O/c1-22(14-5-3-2-4-6-14)17(23)12(10-20)11-21-16-8-7-13(18)9-15(16)19/h7-9,11,14,21H,2-6H2,1H3/b12-11-. The molecule has 0 aromatic heterocycles. The molecule has 0 radical (unpaired) electrons. The minimum absolute atomic E-state index is 0.00673. The summed E-state index contributed by atoms with van der Waals surface area (Å²) in [6, 6.07) is 5.02. The predicted molar refractivity (Wildman–Crippen MR) is 83.3 cm³/mol. The van der Waals surface area contributed by atoms with Crippen LogP contribution in [-0.2, 0) is 4.79 Å². The number of hydrogen-bond acceptors (Lipinski definition) is 3. The molecule has 23 heavy (non-hydrogen) atoms. The molecule has 0 unspecified atom stereocenters. The number of carbonyl (C=O) groups excluding carboxylic acids is 1. The van der Waals surface area contributed by atoms with E-state index in [0.717, 1.165) is 44.0 Å². The molecule has 0 heterocycles. The van der Waals surface area contributed by atoms with Crippen molar-refractivity contribution < 1.29 is 13.6 Å². The van der Waals surface area contributed by atoms with E-state index in [9.17, 15) is 18.8 Å². The molecule has 6 heteroatoms. The average molecular weight is 319 g/mol. The molecule has 1 N–H and O–H groups in total. The molecule has 0 spiro atoms. The molecular formula is C17H19F2N3O. The minimum Gasteiger partial charge on any atom is -0.358 e. The number of carbonyl (C=O) groups is 1. The fourth-order valence-corrected chi connectivity index (χ4v) is 2.72. The number of nitriles is 1. The van der Waals surface area contributed by atoms with E-state index in [-0.39, 0.29) is 17.3 Å². The van der Waals surface area contributed by atoms with Crippen LogP contribution in [0, 0.1) is 23.0 Å². The molecule has 1 saturated carbocycles. The number of nitrogens with zero attached hydrogens (tertiary/aromatic N) is 2. The quantitative estimate of drug-likeness (QED) is 0.682. The third kappa shape index (κ3) is 4.28. The van der Waals surface area contributed by atoms with E-state index < -0.39 is 17.5 Å². The van der Waals surface area contributed by atoms with Crippen molar-refractivity contribution in [2.45, 2.75) is 38.1 Å². The molecule has 0 saturated heterocycles. The van der Waals surface area contributed by atoms with Crippen molar-refractivity contribution in [3.05, 3.63) is 41.6 Å². The van der Waals surface area contributed by atoms with Crippen molar-refractivity contribution in [2.24, 2.45) is 0 Å². The van der Waals surface area contributed by atoms with Gasteiger partial charge in [0.2, 0.25) is 0 Å². The maximum Gasteiger partial charge on any atom is 0.266 e. The number of anilines is 1. The number of hydrogen-bond donors (Lipinski definition) is 1. The molecule has 2 rings (SSSR count).